The van der Waals surface area contributed by atoms with E-state index >= 15 is 0 Å². The minimum Gasteiger partial charge on any atom is -0.473 e. The van der Waals surface area contributed by atoms with Gasteiger partial charge in [-0.2, -0.15) is 0 Å². The third-order valence-corrected chi connectivity index (χ3v) is 3.82. The quantitative estimate of drug-likeness (QED) is 0.690. The van der Waals surface area contributed by atoms with E-state index in [4.69, 9.17) is 4.74 Å². The van der Waals surface area contributed by atoms with Crippen LogP contribution in [0.5, 0.6) is 5.88 Å². The van der Waals surface area contributed by atoms with Crippen LogP contribution in [-0.4, -0.2) is 10.9 Å². The molecule has 1 aromatic heterocycles. The number of nitrogens with one attached hydrogen (secondary N) is 1. The number of aromatic nitrogens is 1. The molecular formula is C21H18F2N2O2. The molecule has 0 saturated heterocycles. The summed E-state index contributed by atoms with van der Waals surface area (Å²) in [7, 11) is 0. The number of benzene rings is 2. The lowest BCUT2D eigenvalue weighted by atomic mass is 10.1. The summed E-state index contributed by atoms with van der Waals surface area (Å²) in [6.07, 6.45) is 1.68. The molecule has 3 aromatic rings. The topological polar surface area (TPSA) is 51.2 Å². The van der Waals surface area contributed by atoms with Crippen molar-refractivity contribution in [2.45, 2.75) is 19.6 Å². The molecule has 0 bridgehead atoms. The second-order valence-electron chi connectivity index (χ2n) is 6.00. The zero-order chi connectivity index (χ0) is 19.1. The van der Waals surface area contributed by atoms with E-state index in [1.165, 1.54) is 24.3 Å². The fourth-order valence-electron chi connectivity index (χ4n) is 2.52. The van der Waals surface area contributed by atoms with Crippen LogP contribution in [0.2, 0.25) is 0 Å². The van der Waals surface area contributed by atoms with E-state index in [9.17, 15) is 13.6 Å². The molecule has 0 aliphatic carbocycles. The van der Waals surface area contributed by atoms with Crippen molar-refractivity contribution >= 4 is 5.91 Å². The van der Waals surface area contributed by atoms with Crippen molar-refractivity contribution in [3.63, 3.8) is 0 Å². The molecule has 0 fully saturated rings. The van der Waals surface area contributed by atoms with Gasteiger partial charge in [0.25, 0.3) is 0 Å². The van der Waals surface area contributed by atoms with Gasteiger partial charge in [0, 0.05) is 18.8 Å². The fraction of sp³-hybridized carbons (Fsp3) is 0.143. The maximum atomic E-state index is 13.2. The number of pyridine rings is 1. The first-order valence-corrected chi connectivity index (χ1v) is 8.42. The van der Waals surface area contributed by atoms with Crippen LogP contribution in [0.25, 0.3) is 0 Å². The Labute approximate surface area is 155 Å². The second-order valence-corrected chi connectivity index (χ2v) is 6.00. The molecule has 2 aromatic carbocycles. The minimum atomic E-state index is -0.366. The monoisotopic (exact) mass is 368 g/mol. The number of hydrogen-bond donors (Lipinski definition) is 1. The van der Waals surface area contributed by atoms with Gasteiger partial charge >= 0.3 is 0 Å². The molecule has 0 unspecified atom stereocenters. The van der Waals surface area contributed by atoms with Gasteiger partial charge in [0.2, 0.25) is 11.8 Å². The zero-order valence-corrected chi connectivity index (χ0v) is 14.5. The van der Waals surface area contributed by atoms with Crippen molar-refractivity contribution in [1.29, 1.82) is 0 Å². The van der Waals surface area contributed by atoms with Crippen LogP contribution in [0.3, 0.4) is 0 Å². The number of carbonyl (C=O) groups is 1. The summed E-state index contributed by atoms with van der Waals surface area (Å²) < 4.78 is 31.9. The van der Waals surface area contributed by atoms with Crippen LogP contribution in [0.15, 0.2) is 66.9 Å². The Bertz CT molecular complexity index is 931. The van der Waals surface area contributed by atoms with Crippen LogP contribution in [-0.2, 0) is 24.4 Å². The lowest BCUT2D eigenvalue weighted by Crippen LogP contribution is -2.24. The first-order valence-electron chi connectivity index (χ1n) is 8.42. The Kier molecular flexibility index (Phi) is 6.10. The predicted molar refractivity (Wildman–Crippen MR) is 96.9 cm³/mol. The van der Waals surface area contributed by atoms with Gasteiger partial charge < -0.3 is 10.1 Å². The zero-order valence-electron chi connectivity index (χ0n) is 14.5. The van der Waals surface area contributed by atoms with Gasteiger partial charge in [-0.25, -0.2) is 13.8 Å². The molecular weight excluding hydrogens is 350 g/mol. The summed E-state index contributed by atoms with van der Waals surface area (Å²) >= 11 is 0. The van der Waals surface area contributed by atoms with Gasteiger partial charge in [-0.1, -0.05) is 24.3 Å². The smallest absolute Gasteiger partial charge is 0.224 e. The third kappa shape index (κ3) is 5.88. The molecule has 4 nitrogen and oxygen atoms in total. The van der Waals surface area contributed by atoms with Crippen LogP contribution in [0.1, 0.15) is 16.7 Å². The van der Waals surface area contributed by atoms with Crippen LogP contribution < -0.4 is 10.1 Å². The van der Waals surface area contributed by atoms with E-state index in [1.807, 2.05) is 0 Å². The number of nitrogens with zero attached hydrogens (tertiary/aromatic N) is 1. The average molecular weight is 368 g/mol. The molecule has 1 heterocycles. The first-order chi connectivity index (χ1) is 13.1. The number of carbonyl (C=O) groups excluding carboxylic acids is 1. The van der Waals surface area contributed by atoms with Gasteiger partial charge in [0.05, 0.1) is 6.42 Å². The standard InChI is InChI=1S/C21H18F2N2O2/c22-18-5-1-3-15(9-18)11-20(26)25-13-16-7-8-24-21(12-16)27-14-17-4-2-6-19(23)10-17/h1-10,12H,11,13-14H2,(H,25,26). The first kappa shape index (κ1) is 18.5. The lowest BCUT2D eigenvalue weighted by molar-refractivity contribution is -0.120. The van der Waals surface area contributed by atoms with Crippen molar-refractivity contribution in [2.75, 3.05) is 0 Å². The van der Waals surface area contributed by atoms with E-state index in [0.29, 0.717) is 23.6 Å². The summed E-state index contributed by atoms with van der Waals surface area (Å²) in [5.41, 5.74) is 2.12. The average Bonchev–Trinajstić information content (AvgIpc) is 2.65. The van der Waals surface area contributed by atoms with E-state index in [-0.39, 0.29) is 30.6 Å². The fourth-order valence-corrected chi connectivity index (χ4v) is 2.52. The third-order valence-electron chi connectivity index (χ3n) is 3.82. The molecule has 3 rings (SSSR count). The normalized spacial score (nSPS) is 10.4. The van der Waals surface area contributed by atoms with E-state index in [0.717, 1.165) is 5.56 Å². The molecule has 6 heteroatoms. The Morgan fingerprint density at radius 2 is 1.63 bits per heavy atom. The van der Waals surface area contributed by atoms with Gasteiger partial charge in [-0.3, -0.25) is 4.79 Å². The second kappa shape index (κ2) is 8.89. The van der Waals surface area contributed by atoms with Crippen LogP contribution >= 0.6 is 0 Å². The molecule has 0 radical (unpaired) electrons. The molecule has 0 aliphatic heterocycles. The number of halogens is 2. The molecule has 0 atom stereocenters. The van der Waals surface area contributed by atoms with Crippen molar-refractivity contribution < 1.29 is 18.3 Å². The van der Waals surface area contributed by atoms with Crippen molar-refractivity contribution in [3.8, 4) is 5.88 Å². The highest BCUT2D eigenvalue weighted by Gasteiger charge is 2.06. The molecule has 0 spiro atoms. The molecule has 1 N–H and O–H groups in total. The van der Waals surface area contributed by atoms with Crippen molar-refractivity contribution in [1.82, 2.24) is 10.3 Å². The Morgan fingerprint density at radius 3 is 2.37 bits per heavy atom. The summed E-state index contributed by atoms with van der Waals surface area (Å²) in [6, 6.07) is 15.6. The SMILES string of the molecule is O=C(Cc1cccc(F)c1)NCc1ccnc(OCc2cccc(F)c2)c1. The molecule has 0 saturated carbocycles. The van der Waals surface area contributed by atoms with Crippen molar-refractivity contribution in [2.24, 2.45) is 0 Å². The largest absolute Gasteiger partial charge is 0.473 e. The predicted octanol–water partition coefficient (Wildman–Crippen LogP) is 3.80. The molecule has 27 heavy (non-hydrogen) atoms. The molecule has 0 aliphatic rings. The van der Waals surface area contributed by atoms with E-state index in [2.05, 4.69) is 10.3 Å². The highest BCUT2D eigenvalue weighted by Crippen LogP contribution is 2.13. The number of ether oxygens (including phenoxy) is 1. The van der Waals surface area contributed by atoms with Gasteiger partial charge in [0.15, 0.2) is 0 Å². The number of rotatable bonds is 7. The summed E-state index contributed by atoms with van der Waals surface area (Å²) in [4.78, 5) is 16.1. The van der Waals surface area contributed by atoms with E-state index < -0.39 is 0 Å². The van der Waals surface area contributed by atoms with Crippen LogP contribution in [0, 0.1) is 11.6 Å². The maximum absolute atomic E-state index is 13.2. The Hall–Kier alpha value is -3.28. The van der Waals surface area contributed by atoms with Gasteiger partial charge in [0.1, 0.15) is 18.2 Å². The van der Waals surface area contributed by atoms with Gasteiger partial charge in [-0.15, -0.1) is 0 Å². The maximum Gasteiger partial charge on any atom is 0.224 e. The Morgan fingerprint density at radius 1 is 0.926 bits per heavy atom. The lowest BCUT2D eigenvalue weighted by Gasteiger charge is -2.09. The number of hydrogen-bond acceptors (Lipinski definition) is 3. The Balaban J connectivity index is 1.52. The van der Waals surface area contributed by atoms with Crippen molar-refractivity contribution in [3.05, 3.63) is 95.2 Å². The summed E-state index contributed by atoms with van der Waals surface area (Å²) in [5, 5.41) is 2.78. The van der Waals surface area contributed by atoms with E-state index in [1.54, 1.807) is 42.6 Å². The summed E-state index contributed by atoms with van der Waals surface area (Å²) in [5.74, 6) is -0.510. The highest BCUT2D eigenvalue weighted by molar-refractivity contribution is 5.78. The molecule has 138 valence electrons. The minimum absolute atomic E-state index is 0.103. The highest BCUT2D eigenvalue weighted by atomic mass is 19.1. The molecule has 1 amide bonds. The summed E-state index contributed by atoms with van der Waals surface area (Å²) in [6.45, 7) is 0.493. The van der Waals surface area contributed by atoms with Crippen LogP contribution in [0.4, 0.5) is 8.78 Å². The number of amides is 1. The van der Waals surface area contributed by atoms with Gasteiger partial charge in [-0.05, 0) is 47.0 Å².